The SMILES string of the molecule is CC(C)(C)NNC(=O)C1=C2C=C3CC3=C2C=C1. The van der Waals surface area contributed by atoms with Crippen molar-refractivity contribution in [1.29, 1.82) is 0 Å². The van der Waals surface area contributed by atoms with Gasteiger partial charge in [-0.1, -0.05) is 6.08 Å². The van der Waals surface area contributed by atoms with E-state index in [1.807, 2.05) is 32.9 Å². The highest BCUT2D eigenvalue weighted by Gasteiger charge is 2.35. The van der Waals surface area contributed by atoms with Gasteiger partial charge in [0.2, 0.25) is 0 Å². The van der Waals surface area contributed by atoms with Gasteiger partial charge in [0.25, 0.3) is 5.91 Å². The topological polar surface area (TPSA) is 41.1 Å². The predicted octanol–water partition coefficient (Wildman–Crippen LogP) is 1.91. The molecule has 0 aromatic heterocycles. The molecule has 0 aromatic carbocycles. The summed E-state index contributed by atoms with van der Waals surface area (Å²) >= 11 is 0. The summed E-state index contributed by atoms with van der Waals surface area (Å²) < 4.78 is 0. The van der Waals surface area contributed by atoms with Gasteiger partial charge in [-0.25, -0.2) is 5.43 Å². The van der Waals surface area contributed by atoms with E-state index in [9.17, 15) is 4.79 Å². The standard InChI is InChI=1S/C14H16N2O/c1-14(2,3)16-15-13(17)10-5-4-9-11-6-8(11)7-12(9)10/h4-5,7,16H,6H2,1-3H3,(H,15,17). The van der Waals surface area contributed by atoms with E-state index < -0.39 is 0 Å². The number of hydrogen-bond acceptors (Lipinski definition) is 2. The summed E-state index contributed by atoms with van der Waals surface area (Å²) in [6.07, 6.45) is 7.20. The first-order valence-electron chi connectivity index (χ1n) is 5.90. The maximum Gasteiger partial charge on any atom is 0.266 e. The average Bonchev–Trinajstić information content (AvgIpc) is 2.70. The number of allylic oxidation sites excluding steroid dienone is 6. The Kier molecular flexibility index (Phi) is 1.98. The lowest BCUT2D eigenvalue weighted by Crippen LogP contribution is -2.49. The lowest BCUT2D eigenvalue weighted by molar-refractivity contribution is -0.118. The first-order chi connectivity index (χ1) is 7.96. The van der Waals surface area contributed by atoms with E-state index in [0.717, 1.165) is 17.6 Å². The molecule has 1 saturated carbocycles. The van der Waals surface area contributed by atoms with E-state index in [-0.39, 0.29) is 11.4 Å². The number of amides is 1. The molecule has 3 aliphatic rings. The van der Waals surface area contributed by atoms with Crippen molar-refractivity contribution in [2.75, 3.05) is 0 Å². The van der Waals surface area contributed by atoms with Crippen molar-refractivity contribution in [2.45, 2.75) is 32.7 Å². The molecular formula is C14H16N2O. The molecule has 3 aliphatic carbocycles. The van der Waals surface area contributed by atoms with Gasteiger partial charge in [0.1, 0.15) is 0 Å². The molecule has 0 radical (unpaired) electrons. The monoisotopic (exact) mass is 228 g/mol. The van der Waals surface area contributed by atoms with E-state index in [0.29, 0.717) is 0 Å². The predicted molar refractivity (Wildman–Crippen MR) is 66.9 cm³/mol. The number of hydrazine groups is 1. The molecule has 0 aliphatic heterocycles. The third-order valence-electron chi connectivity index (χ3n) is 3.07. The fourth-order valence-corrected chi connectivity index (χ4v) is 2.15. The number of nitrogens with one attached hydrogen (secondary N) is 2. The van der Waals surface area contributed by atoms with Gasteiger partial charge >= 0.3 is 0 Å². The van der Waals surface area contributed by atoms with Gasteiger partial charge in [0.05, 0.1) is 0 Å². The normalized spacial score (nSPS) is 20.5. The molecule has 1 fully saturated rings. The Morgan fingerprint density at radius 2 is 2.00 bits per heavy atom. The zero-order valence-electron chi connectivity index (χ0n) is 10.3. The Morgan fingerprint density at radius 3 is 2.71 bits per heavy atom. The molecule has 17 heavy (non-hydrogen) atoms. The zero-order chi connectivity index (χ0) is 12.2. The Labute approximate surface area is 101 Å². The van der Waals surface area contributed by atoms with Crippen LogP contribution in [0.3, 0.4) is 0 Å². The summed E-state index contributed by atoms with van der Waals surface area (Å²) in [5, 5.41) is 0. The highest BCUT2D eigenvalue weighted by atomic mass is 16.2. The summed E-state index contributed by atoms with van der Waals surface area (Å²) in [5.41, 5.74) is 11.6. The molecule has 0 aromatic rings. The number of carbonyl (C=O) groups excluding carboxylic acids is 1. The molecule has 0 atom stereocenters. The highest BCUT2D eigenvalue weighted by Crippen LogP contribution is 2.51. The molecule has 0 spiro atoms. The highest BCUT2D eigenvalue weighted by molar-refractivity contribution is 6.01. The second kappa shape index (κ2) is 3.20. The molecule has 3 nitrogen and oxygen atoms in total. The van der Waals surface area contributed by atoms with E-state index in [1.54, 1.807) is 0 Å². The van der Waals surface area contributed by atoms with Crippen molar-refractivity contribution in [3.63, 3.8) is 0 Å². The quantitative estimate of drug-likeness (QED) is 0.709. The largest absolute Gasteiger partial charge is 0.287 e. The van der Waals surface area contributed by atoms with E-state index in [2.05, 4.69) is 16.9 Å². The van der Waals surface area contributed by atoms with Gasteiger partial charge in [0.15, 0.2) is 0 Å². The second-order valence-corrected chi connectivity index (χ2v) is 5.73. The lowest BCUT2D eigenvalue weighted by Gasteiger charge is -2.21. The number of carbonyl (C=O) groups is 1. The molecule has 88 valence electrons. The van der Waals surface area contributed by atoms with Crippen LogP contribution >= 0.6 is 0 Å². The molecule has 2 N–H and O–H groups in total. The molecule has 0 bridgehead atoms. The summed E-state index contributed by atoms with van der Waals surface area (Å²) in [4.78, 5) is 12.0. The van der Waals surface area contributed by atoms with Gasteiger partial charge in [-0.3, -0.25) is 10.2 Å². The molecule has 0 unspecified atom stereocenters. The average molecular weight is 228 g/mol. The second-order valence-electron chi connectivity index (χ2n) is 5.73. The van der Waals surface area contributed by atoms with Crippen LogP contribution in [0.25, 0.3) is 0 Å². The minimum Gasteiger partial charge on any atom is -0.287 e. The first-order valence-corrected chi connectivity index (χ1v) is 5.90. The van der Waals surface area contributed by atoms with Gasteiger partial charge in [-0.2, -0.15) is 0 Å². The van der Waals surface area contributed by atoms with Crippen LogP contribution in [0.1, 0.15) is 27.2 Å². The zero-order valence-corrected chi connectivity index (χ0v) is 10.3. The minimum atomic E-state index is -0.124. The Balaban J connectivity index is 1.77. The molecule has 3 heteroatoms. The third kappa shape index (κ3) is 1.76. The van der Waals surface area contributed by atoms with Gasteiger partial charge in [-0.15, -0.1) is 0 Å². The fourth-order valence-electron chi connectivity index (χ4n) is 2.15. The fraction of sp³-hybridized carbons (Fsp3) is 0.357. The molecular weight excluding hydrogens is 212 g/mol. The van der Waals surface area contributed by atoms with Crippen LogP contribution in [-0.2, 0) is 4.79 Å². The van der Waals surface area contributed by atoms with Crippen molar-refractivity contribution < 1.29 is 4.79 Å². The maximum atomic E-state index is 12.0. The Hall–Kier alpha value is -1.61. The number of fused-ring (bicyclic) bond motifs is 2. The molecule has 3 rings (SSSR count). The Morgan fingerprint density at radius 1 is 1.24 bits per heavy atom. The van der Waals surface area contributed by atoms with Crippen LogP contribution in [0.5, 0.6) is 0 Å². The molecule has 0 heterocycles. The van der Waals surface area contributed by atoms with Gasteiger partial charge < -0.3 is 0 Å². The molecule has 1 amide bonds. The van der Waals surface area contributed by atoms with Gasteiger partial charge in [-0.05, 0) is 61.6 Å². The van der Waals surface area contributed by atoms with Crippen molar-refractivity contribution in [2.24, 2.45) is 0 Å². The van der Waals surface area contributed by atoms with Crippen LogP contribution < -0.4 is 10.9 Å². The van der Waals surface area contributed by atoms with Crippen molar-refractivity contribution >= 4 is 5.91 Å². The summed E-state index contributed by atoms with van der Waals surface area (Å²) in [6.45, 7) is 6.03. The van der Waals surface area contributed by atoms with Crippen LogP contribution in [0.15, 0.2) is 46.1 Å². The van der Waals surface area contributed by atoms with E-state index in [4.69, 9.17) is 0 Å². The number of rotatable bonds is 2. The first kappa shape index (κ1) is 10.5. The van der Waals surface area contributed by atoms with Crippen LogP contribution in [0.4, 0.5) is 0 Å². The van der Waals surface area contributed by atoms with Crippen molar-refractivity contribution in [3.8, 4) is 0 Å². The van der Waals surface area contributed by atoms with Crippen molar-refractivity contribution in [3.05, 3.63) is 46.1 Å². The van der Waals surface area contributed by atoms with Crippen LogP contribution in [0, 0.1) is 0 Å². The van der Waals surface area contributed by atoms with Gasteiger partial charge in [0, 0.05) is 11.1 Å². The lowest BCUT2D eigenvalue weighted by atomic mass is 10.1. The third-order valence-corrected chi connectivity index (χ3v) is 3.07. The number of hydrogen-bond donors (Lipinski definition) is 2. The Bertz CT molecular complexity index is 539. The maximum absolute atomic E-state index is 12.0. The smallest absolute Gasteiger partial charge is 0.266 e. The minimum absolute atomic E-state index is 0.0556. The van der Waals surface area contributed by atoms with Crippen LogP contribution in [0.2, 0.25) is 0 Å². The van der Waals surface area contributed by atoms with E-state index >= 15 is 0 Å². The van der Waals surface area contributed by atoms with E-state index in [1.165, 1.54) is 16.7 Å². The van der Waals surface area contributed by atoms with Crippen molar-refractivity contribution in [1.82, 2.24) is 10.9 Å². The summed E-state index contributed by atoms with van der Waals surface area (Å²) in [7, 11) is 0. The summed E-state index contributed by atoms with van der Waals surface area (Å²) in [5.74, 6) is -0.0556. The van der Waals surface area contributed by atoms with Crippen LogP contribution in [-0.4, -0.2) is 11.4 Å². The summed E-state index contributed by atoms with van der Waals surface area (Å²) in [6, 6.07) is 0. The molecule has 0 saturated heterocycles.